The fraction of sp³-hybridized carbons (Fsp3) is 0.615. The molecule has 16 heavy (non-hydrogen) atoms. The first-order chi connectivity index (χ1) is 7.67. The van der Waals surface area contributed by atoms with E-state index >= 15 is 0 Å². The zero-order valence-electron chi connectivity index (χ0n) is 10.2. The Morgan fingerprint density at radius 3 is 3.06 bits per heavy atom. The number of nitrogens with one attached hydrogen (secondary N) is 1. The van der Waals surface area contributed by atoms with Crippen LogP contribution in [0.5, 0.6) is 0 Å². The van der Waals surface area contributed by atoms with Crippen LogP contribution in [-0.2, 0) is 4.74 Å². The largest absolute Gasteiger partial charge is 0.442 e. The second-order valence-electron chi connectivity index (χ2n) is 4.18. The van der Waals surface area contributed by atoms with Crippen LogP contribution in [0.25, 0.3) is 0 Å². The average Bonchev–Trinajstić information content (AvgIpc) is 2.26. The molecule has 1 aliphatic rings. The van der Waals surface area contributed by atoms with E-state index in [0.29, 0.717) is 0 Å². The van der Waals surface area contributed by atoms with Gasteiger partial charge in [-0.2, -0.15) is 0 Å². The van der Waals surface area contributed by atoms with Crippen molar-refractivity contribution in [1.82, 2.24) is 5.32 Å². The van der Waals surface area contributed by atoms with Crippen molar-refractivity contribution in [2.24, 2.45) is 0 Å². The van der Waals surface area contributed by atoms with E-state index in [1.807, 2.05) is 13.0 Å². The fourth-order valence-electron chi connectivity index (χ4n) is 1.88. The fourth-order valence-corrected chi connectivity index (χ4v) is 1.88. The molecule has 1 saturated heterocycles. The third-order valence-electron chi connectivity index (χ3n) is 2.75. The van der Waals surface area contributed by atoms with Crippen molar-refractivity contribution >= 4 is 6.09 Å². The van der Waals surface area contributed by atoms with Crippen LogP contribution in [0.3, 0.4) is 0 Å². The molecule has 1 N–H and O–H groups in total. The van der Waals surface area contributed by atoms with Crippen molar-refractivity contribution in [3.8, 4) is 0 Å². The zero-order chi connectivity index (χ0) is 12.0. The van der Waals surface area contributed by atoms with Gasteiger partial charge in [-0.15, -0.1) is 0 Å². The molecule has 0 aliphatic carbocycles. The van der Waals surface area contributed by atoms with E-state index < -0.39 is 0 Å². The third kappa shape index (κ3) is 3.72. The molecule has 0 aromatic carbocycles. The van der Waals surface area contributed by atoms with Gasteiger partial charge < -0.3 is 10.1 Å². The van der Waals surface area contributed by atoms with E-state index in [9.17, 15) is 4.79 Å². The molecule has 1 aliphatic heterocycles. The van der Waals surface area contributed by atoms with Crippen LogP contribution in [0.15, 0.2) is 24.3 Å². The topological polar surface area (TPSA) is 38.3 Å². The summed E-state index contributed by atoms with van der Waals surface area (Å²) < 4.78 is 5.24. The third-order valence-corrected chi connectivity index (χ3v) is 2.75. The minimum absolute atomic E-state index is 0.107. The molecule has 3 nitrogen and oxygen atoms in total. The SMILES string of the molecule is C=C(CCC)C1CC(C/C=C/C)NC(=O)O1. The van der Waals surface area contributed by atoms with Gasteiger partial charge in [0.25, 0.3) is 0 Å². The highest BCUT2D eigenvalue weighted by atomic mass is 16.6. The molecule has 1 rings (SSSR count). The molecule has 0 aromatic rings. The minimum Gasteiger partial charge on any atom is -0.442 e. The van der Waals surface area contributed by atoms with E-state index in [1.54, 1.807) is 0 Å². The quantitative estimate of drug-likeness (QED) is 0.727. The Labute approximate surface area is 97.6 Å². The van der Waals surface area contributed by atoms with Gasteiger partial charge in [0, 0.05) is 12.5 Å². The van der Waals surface area contributed by atoms with E-state index in [1.165, 1.54) is 0 Å². The first-order valence-corrected chi connectivity index (χ1v) is 5.93. The Morgan fingerprint density at radius 2 is 2.44 bits per heavy atom. The van der Waals surface area contributed by atoms with Crippen LogP contribution < -0.4 is 5.32 Å². The highest BCUT2D eigenvalue weighted by Crippen LogP contribution is 2.21. The summed E-state index contributed by atoms with van der Waals surface area (Å²) in [5, 5.41) is 2.82. The molecule has 2 unspecified atom stereocenters. The standard InChI is InChI=1S/C13H21NO2/c1-4-6-8-11-9-12(10(3)7-5-2)16-13(15)14-11/h4,6,11-12H,3,5,7-9H2,1-2H3,(H,14,15)/b6-4+. The molecule has 1 fully saturated rings. The van der Waals surface area contributed by atoms with Gasteiger partial charge in [0.15, 0.2) is 0 Å². The molecule has 0 radical (unpaired) electrons. The normalized spacial score (nSPS) is 25.2. The van der Waals surface area contributed by atoms with E-state index in [2.05, 4.69) is 24.9 Å². The smallest absolute Gasteiger partial charge is 0.407 e. The van der Waals surface area contributed by atoms with Gasteiger partial charge in [0.05, 0.1) is 0 Å². The van der Waals surface area contributed by atoms with Gasteiger partial charge in [0.1, 0.15) is 6.10 Å². The maximum Gasteiger partial charge on any atom is 0.407 e. The van der Waals surface area contributed by atoms with Crippen LogP contribution in [0.1, 0.15) is 39.5 Å². The summed E-state index contributed by atoms with van der Waals surface area (Å²) in [6, 6.07) is 0.177. The summed E-state index contributed by atoms with van der Waals surface area (Å²) in [6.07, 6.45) is 7.30. The maximum absolute atomic E-state index is 11.4. The number of amides is 1. The predicted molar refractivity (Wildman–Crippen MR) is 65.3 cm³/mol. The highest BCUT2D eigenvalue weighted by Gasteiger charge is 2.28. The lowest BCUT2D eigenvalue weighted by molar-refractivity contribution is 0.0758. The van der Waals surface area contributed by atoms with Crippen molar-refractivity contribution in [2.45, 2.75) is 51.7 Å². The second kappa shape index (κ2) is 6.36. The Kier molecular flexibility index (Phi) is 5.09. The first-order valence-electron chi connectivity index (χ1n) is 5.93. The number of hydrogen-bond donors (Lipinski definition) is 1. The summed E-state index contributed by atoms with van der Waals surface area (Å²) >= 11 is 0. The van der Waals surface area contributed by atoms with E-state index in [0.717, 1.165) is 31.3 Å². The number of allylic oxidation sites excluding steroid dienone is 1. The molecular weight excluding hydrogens is 202 g/mol. The van der Waals surface area contributed by atoms with Gasteiger partial charge in [-0.3, -0.25) is 0 Å². The molecule has 1 heterocycles. The molecule has 3 heteroatoms. The molecule has 1 amide bonds. The number of hydrogen-bond acceptors (Lipinski definition) is 2. The number of carbonyl (C=O) groups is 1. The van der Waals surface area contributed by atoms with Gasteiger partial charge in [-0.1, -0.05) is 32.1 Å². The number of rotatable bonds is 5. The summed E-state index contributed by atoms with van der Waals surface area (Å²) in [5.74, 6) is 0. The van der Waals surface area contributed by atoms with Crippen LogP contribution in [0.4, 0.5) is 4.79 Å². The monoisotopic (exact) mass is 223 g/mol. The van der Waals surface area contributed by atoms with Crippen LogP contribution in [0.2, 0.25) is 0 Å². The summed E-state index contributed by atoms with van der Waals surface area (Å²) in [6.45, 7) is 8.08. The summed E-state index contributed by atoms with van der Waals surface area (Å²) in [7, 11) is 0. The number of carbonyl (C=O) groups excluding carboxylic acids is 1. The lowest BCUT2D eigenvalue weighted by Gasteiger charge is -2.30. The van der Waals surface area contributed by atoms with Crippen molar-refractivity contribution < 1.29 is 9.53 Å². The number of alkyl carbamates (subject to hydrolysis) is 1. The highest BCUT2D eigenvalue weighted by molar-refractivity contribution is 5.69. The van der Waals surface area contributed by atoms with Gasteiger partial charge in [-0.05, 0) is 25.3 Å². The summed E-state index contributed by atoms with van der Waals surface area (Å²) in [4.78, 5) is 11.4. The summed E-state index contributed by atoms with van der Waals surface area (Å²) in [5.41, 5.74) is 1.03. The van der Waals surface area contributed by atoms with E-state index in [4.69, 9.17) is 4.74 Å². The van der Waals surface area contributed by atoms with E-state index in [-0.39, 0.29) is 18.2 Å². The lowest BCUT2D eigenvalue weighted by atomic mass is 9.97. The van der Waals surface area contributed by atoms with Crippen LogP contribution >= 0.6 is 0 Å². The molecule has 0 aromatic heterocycles. The molecule has 0 bridgehead atoms. The van der Waals surface area contributed by atoms with Crippen LogP contribution in [-0.4, -0.2) is 18.2 Å². The maximum atomic E-state index is 11.4. The van der Waals surface area contributed by atoms with Gasteiger partial charge >= 0.3 is 6.09 Å². The van der Waals surface area contributed by atoms with Crippen molar-refractivity contribution in [1.29, 1.82) is 0 Å². The number of cyclic esters (lactones) is 1. The first kappa shape index (κ1) is 12.8. The van der Waals surface area contributed by atoms with Crippen LogP contribution in [0, 0.1) is 0 Å². The predicted octanol–water partition coefficient (Wildman–Crippen LogP) is 3.18. The van der Waals surface area contributed by atoms with Crippen molar-refractivity contribution in [2.75, 3.05) is 0 Å². The Balaban J connectivity index is 2.53. The molecule has 0 spiro atoms. The van der Waals surface area contributed by atoms with Gasteiger partial charge in [-0.25, -0.2) is 4.79 Å². The lowest BCUT2D eigenvalue weighted by Crippen LogP contribution is -2.45. The molecular formula is C13H21NO2. The average molecular weight is 223 g/mol. The Bertz CT molecular complexity index is 284. The molecule has 90 valence electrons. The Hall–Kier alpha value is -1.25. The minimum atomic E-state index is -0.317. The van der Waals surface area contributed by atoms with Gasteiger partial charge in [0.2, 0.25) is 0 Å². The number of ether oxygens (including phenoxy) is 1. The molecule has 0 saturated carbocycles. The zero-order valence-corrected chi connectivity index (χ0v) is 10.2. The second-order valence-corrected chi connectivity index (χ2v) is 4.18. The molecule has 2 atom stereocenters. The van der Waals surface area contributed by atoms with Crippen molar-refractivity contribution in [3.63, 3.8) is 0 Å². The Morgan fingerprint density at radius 1 is 1.69 bits per heavy atom. The van der Waals surface area contributed by atoms with Crippen molar-refractivity contribution in [3.05, 3.63) is 24.3 Å².